The normalized spacial score (nSPS) is 11.1. The number of rotatable bonds is 4. The molecule has 0 aliphatic carbocycles. The molecule has 0 atom stereocenters. The molecule has 0 aliphatic rings. The van der Waals surface area contributed by atoms with E-state index in [2.05, 4.69) is 0 Å². The lowest BCUT2D eigenvalue weighted by Gasteiger charge is -2.10. The van der Waals surface area contributed by atoms with E-state index in [1.54, 1.807) is 24.3 Å². The molecular formula is C10H13O4P. The highest BCUT2D eigenvalue weighted by Crippen LogP contribution is 2.38. The Labute approximate surface area is 88.3 Å². The van der Waals surface area contributed by atoms with Gasteiger partial charge in [0.1, 0.15) is 5.75 Å². The Morgan fingerprint density at radius 3 is 2.27 bits per heavy atom. The lowest BCUT2D eigenvalue weighted by molar-refractivity contribution is -0.136. The van der Waals surface area contributed by atoms with Gasteiger partial charge in [-0.15, -0.1) is 0 Å². The third-order valence-corrected chi connectivity index (χ3v) is 2.25. The topological polar surface area (TPSA) is 63.6 Å². The van der Waals surface area contributed by atoms with E-state index in [1.165, 1.54) is 13.3 Å². The molecule has 0 aromatic heterocycles. The minimum Gasteiger partial charge on any atom is -0.481 e. The Kier molecular flexibility index (Phi) is 3.53. The predicted octanol–water partition coefficient (Wildman–Crippen LogP) is 2.23. The van der Waals surface area contributed by atoms with Crippen LogP contribution < -0.4 is 4.52 Å². The summed E-state index contributed by atoms with van der Waals surface area (Å²) in [7, 11) is -2.55. The van der Waals surface area contributed by atoms with E-state index < -0.39 is 13.3 Å². The van der Waals surface area contributed by atoms with Gasteiger partial charge in [-0.3, -0.25) is 9.36 Å². The van der Waals surface area contributed by atoms with Crippen LogP contribution >= 0.6 is 7.37 Å². The smallest absolute Gasteiger partial charge is 0.307 e. The summed E-state index contributed by atoms with van der Waals surface area (Å²) >= 11 is 0. The molecule has 0 heterocycles. The standard InChI is InChI=1S/C10H13O4P/c1-15(2,13)14-9-5-3-8(4-6-9)7-10(11)12/h3-6H,7H2,1-2H3,(H,11,12). The largest absolute Gasteiger partial charge is 0.481 e. The predicted molar refractivity (Wildman–Crippen MR) is 57.9 cm³/mol. The van der Waals surface area contributed by atoms with Crippen molar-refractivity contribution in [1.29, 1.82) is 0 Å². The first-order valence-electron chi connectivity index (χ1n) is 4.42. The molecule has 1 aromatic carbocycles. The molecule has 0 bridgehead atoms. The molecule has 15 heavy (non-hydrogen) atoms. The lowest BCUT2D eigenvalue weighted by Crippen LogP contribution is -1.99. The first-order valence-corrected chi connectivity index (χ1v) is 6.94. The molecule has 1 N–H and O–H groups in total. The van der Waals surface area contributed by atoms with E-state index in [-0.39, 0.29) is 6.42 Å². The maximum atomic E-state index is 11.3. The molecule has 0 radical (unpaired) electrons. The van der Waals surface area contributed by atoms with E-state index in [0.717, 1.165) is 0 Å². The molecular weight excluding hydrogens is 215 g/mol. The summed E-state index contributed by atoms with van der Waals surface area (Å²) in [6.45, 7) is 3.05. The Balaban J connectivity index is 2.72. The van der Waals surface area contributed by atoms with Crippen LogP contribution in [0.2, 0.25) is 0 Å². The number of aliphatic carboxylic acids is 1. The minimum absolute atomic E-state index is 0.0177. The fourth-order valence-corrected chi connectivity index (χ4v) is 1.73. The zero-order chi connectivity index (χ0) is 11.5. The third-order valence-electron chi connectivity index (χ3n) is 1.60. The molecule has 0 amide bonds. The first kappa shape index (κ1) is 11.8. The molecule has 4 nitrogen and oxygen atoms in total. The molecule has 0 spiro atoms. The van der Waals surface area contributed by atoms with Crippen LogP contribution in [-0.4, -0.2) is 24.4 Å². The van der Waals surface area contributed by atoms with Crippen LogP contribution in [0.15, 0.2) is 24.3 Å². The number of carbonyl (C=O) groups is 1. The van der Waals surface area contributed by atoms with Crippen molar-refractivity contribution < 1.29 is 19.0 Å². The van der Waals surface area contributed by atoms with Gasteiger partial charge in [-0.2, -0.15) is 0 Å². The van der Waals surface area contributed by atoms with E-state index in [1.807, 2.05) is 0 Å². The van der Waals surface area contributed by atoms with Crippen LogP contribution in [0.3, 0.4) is 0 Å². The van der Waals surface area contributed by atoms with Crippen molar-refractivity contribution in [2.45, 2.75) is 6.42 Å². The fourth-order valence-electron chi connectivity index (χ4n) is 1.10. The van der Waals surface area contributed by atoms with Crippen molar-refractivity contribution in [1.82, 2.24) is 0 Å². The van der Waals surface area contributed by atoms with E-state index >= 15 is 0 Å². The summed E-state index contributed by atoms with van der Waals surface area (Å²) in [5.41, 5.74) is 0.692. The van der Waals surface area contributed by atoms with E-state index in [4.69, 9.17) is 9.63 Å². The van der Waals surface area contributed by atoms with Gasteiger partial charge in [0.25, 0.3) is 0 Å². The Bertz CT molecular complexity index is 390. The van der Waals surface area contributed by atoms with Gasteiger partial charge < -0.3 is 9.63 Å². The number of hydrogen-bond donors (Lipinski definition) is 1. The number of carboxylic acid groups (broad SMARTS) is 1. The van der Waals surface area contributed by atoms with Gasteiger partial charge in [0.2, 0.25) is 7.37 Å². The highest BCUT2D eigenvalue weighted by Gasteiger charge is 2.08. The monoisotopic (exact) mass is 228 g/mol. The number of benzene rings is 1. The summed E-state index contributed by atoms with van der Waals surface area (Å²) in [6, 6.07) is 6.55. The summed E-state index contributed by atoms with van der Waals surface area (Å²) in [5, 5.41) is 8.55. The second-order valence-corrected chi connectivity index (χ2v) is 6.24. The van der Waals surface area contributed by atoms with Crippen LogP contribution in [0.25, 0.3) is 0 Å². The van der Waals surface area contributed by atoms with E-state index in [9.17, 15) is 9.36 Å². The molecule has 1 aromatic rings. The van der Waals surface area contributed by atoms with Gasteiger partial charge in [0.05, 0.1) is 6.42 Å². The van der Waals surface area contributed by atoms with Crippen molar-refractivity contribution in [3.05, 3.63) is 29.8 Å². The zero-order valence-corrected chi connectivity index (χ0v) is 9.53. The van der Waals surface area contributed by atoms with Gasteiger partial charge >= 0.3 is 5.97 Å². The van der Waals surface area contributed by atoms with Gasteiger partial charge in [-0.05, 0) is 17.7 Å². The SMILES string of the molecule is CP(C)(=O)Oc1ccc(CC(=O)O)cc1. The summed E-state index contributed by atoms with van der Waals surface area (Å²) < 4.78 is 16.5. The second-order valence-electron chi connectivity index (χ2n) is 3.56. The average Bonchev–Trinajstić information content (AvgIpc) is 2.05. The maximum absolute atomic E-state index is 11.3. The van der Waals surface area contributed by atoms with Crippen LogP contribution in [0, 0.1) is 0 Å². The molecule has 82 valence electrons. The highest BCUT2D eigenvalue weighted by molar-refractivity contribution is 7.57. The second kappa shape index (κ2) is 4.49. The molecule has 1 rings (SSSR count). The molecule has 0 saturated carbocycles. The molecule has 0 fully saturated rings. The summed E-state index contributed by atoms with van der Waals surface area (Å²) in [5.74, 6) is -0.377. The van der Waals surface area contributed by atoms with Gasteiger partial charge in [-0.25, -0.2) is 0 Å². The van der Waals surface area contributed by atoms with Crippen molar-refractivity contribution in [3.8, 4) is 5.75 Å². The highest BCUT2D eigenvalue weighted by atomic mass is 31.2. The lowest BCUT2D eigenvalue weighted by atomic mass is 10.1. The fraction of sp³-hybridized carbons (Fsp3) is 0.300. The number of carboxylic acids is 1. The maximum Gasteiger partial charge on any atom is 0.307 e. The quantitative estimate of drug-likeness (QED) is 0.802. The Hall–Kier alpha value is -1.28. The van der Waals surface area contributed by atoms with E-state index in [0.29, 0.717) is 11.3 Å². The van der Waals surface area contributed by atoms with Gasteiger partial charge in [-0.1, -0.05) is 12.1 Å². The van der Waals surface area contributed by atoms with Crippen molar-refractivity contribution in [2.24, 2.45) is 0 Å². The van der Waals surface area contributed by atoms with Gasteiger partial charge in [0.15, 0.2) is 0 Å². The molecule has 0 aliphatic heterocycles. The van der Waals surface area contributed by atoms with Crippen LogP contribution in [-0.2, 0) is 15.8 Å². The molecule has 5 heteroatoms. The van der Waals surface area contributed by atoms with Crippen LogP contribution in [0.1, 0.15) is 5.56 Å². The zero-order valence-electron chi connectivity index (χ0n) is 8.64. The summed E-state index contributed by atoms with van der Waals surface area (Å²) in [4.78, 5) is 10.4. The van der Waals surface area contributed by atoms with Crippen molar-refractivity contribution in [3.63, 3.8) is 0 Å². The Morgan fingerprint density at radius 1 is 1.33 bits per heavy atom. The number of hydrogen-bond acceptors (Lipinski definition) is 3. The Morgan fingerprint density at radius 2 is 1.87 bits per heavy atom. The summed E-state index contributed by atoms with van der Waals surface area (Å²) in [6.07, 6.45) is -0.0177. The minimum atomic E-state index is -2.55. The van der Waals surface area contributed by atoms with Gasteiger partial charge in [0, 0.05) is 13.3 Å². The average molecular weight is 228 g/mol. The first-order chi connectivity index (χ1) is 6.87. The third kappa shape index (κ3) is 4.66. The molecule has 0 saturated heterocycles. The van der Waals surface area contributed by atoms with Crippen molar-refractivity contribution in [2.75, 3.05) is 13.3 Å². The van der Waals surface area contributed by atoms with Crippen LogP contribution in [0.4, 0.5) is 0 Å². The molecule has 0 unspecified atom stereocenters. The van der Waals surface area contributed by atoms with Crippen molar-refractivity contribution >= 4 is 13.3 Å². The van der Waals surface area contributed by atoms with Crippen LogP contribution in [0.5, 0.6) is 5.75 Å².